The first-order chi connectivity index (χ1) is 13.3. The third kappa shape index (κ3) is 7.64. The number of nitrogens with zero attached hydrogens (tertiary/aromatic N) is 1. The molecule has 0 amide bonds. The summed E-state index contributed by atoms with van der Waals surface area (Å²) < 4.78 is 21.8. The van der Waals surface area contributed by atoms with Gasteiger partial charge in [0.25, 0.3) is 0 Å². The quantitative estimate of drug-likeness (QED) is 0.348. The maximum absolute atomic E-state index is 5.67. The lowest BCUT2D eigenvalue weighted by molar-refractivity contribution is 0.0168. The zero-order valence-corrected chi connectivity index (χ0v) is 16.8. The van der Waals surface area contributed by atoms with Crippen molar-refractivity contribution in [3.05, 3.63) is 23.8 Å². The summed E-state index contributed by atoms with van der Waals surface area (Å²) in [5, 5.41) is 6.63. The first-order valence-electron chi connectivity index (χ1n) is 9.61. The molecule has 0 saturated carbocycles. The Morgan fingerprint density at radius 1 is 1.19 bits per heavy atom. The summed E-state index contributed by atoms with van der Waals surface area (Å²) >= 11 is 0. The van der Waals surface area contributed by atoms with Crippen LogP contribution in [0.25, 0.3) is 0 Å². The summed E-state index contributed by atoms with van der Waals surface area (Å²) in [5.74, 6) is 2.29. The number of hydrogen-bond acceptors (Lipinski definition) is 5. The van der Waals surface area contributed by atoms with Gasteiger partial charge in [-0.2, -0.15) is 0 Å². The topological polar surface area (TPSA) is 73.3 Å². The van der Waals surface area contributed by atoms with Crippen molar-refractivity contribution in [2.45, 2.75) is 31.8 Å². The number of ether oxygens (including phenoxy) is 4. The van der Waals surface area contributed by atoms with E-state index in [2.05, 4.69) is 15.6 Å². The monoisotopic (exact) mass is 379 g/mol. The lowest BCUT2D eigenvalue weighted by atomic mass is 10.1. The minimum atomic E-state index is 0.295. The van der Waals surface area contributed by atoms with Crippen LogP contribution < -0.4 is 20.1 Å². The molecule has 2 N–H and O–H groups in total. The Labute approximate surface area is 162 Å². The number of hydrogen-bond donors (Lipinski definition) is 2. The number of benzene rings is 1. The lowest BCUT2D eigenvalue weighted by Gasteiger charge is -2.13. The van der Waals surface area contributed by atoms with E-state index in [-0.39, 0.29) is 0 Å². The highest BCUT2D eigenvalue weighted by Gasteiger charge is 2.14. The molecular formula is C20H33N3O4. The Hall–Kier alpha value is -1.99. The fourth-order valence-electron chi connectivity index (χ4n) is 2.95. The van der Waals surface area contributed by atoms with Crippen molar-refractivity contribution < 1.29 is 18.9 Å². The van der Waals surface area contributed by atoms with Gasteiger partial charge in [0.1, 0.15) is 0 Å². The van der Waals surface area contributed by atoms with Gasteiger partial charge in [0.15, 0.2) is 17.5 Å². The van der Waals surface area contributed by atoms with Crippen molar-refractivity contribution >= 4 is 5.96 Å². The normalized spacial score (nSPS) is 17.0. The van der Waals surface area contributed by atoms with Gasteiger partial charge in [-0.3, -0.25) is 4.99 Å². The maximum Gasteiger partial charge on any atom is 0.190 e. The number of nitrogens with one attached hydrogen (secondary N) is 2. The molecule has 1 saturated heterocycles. The standard InChI is InChI=1S/C20H33N3O4/c1-21-20(22-10-5-12-26-15-17-6-4-13-27-17)23-11-9-16-7-8-18(24-2)19(14-16)25-3/h7-8,14,17H,4-6,9-13,15H2,1-3H3,(H2,21,22,23). The molecule has 2 rings (SSSR count). The minimum absolute atomic E-state index is 0.295. The predicted molar refractivity (Wildman–Crippen MR) is 107 cm³/mol. The molecule has 7 nitrogen and oxygen atoms in total. The Morgan fingerprint density at radius 3 is 2.70 bits per heavy atom. The Kier molecular flexibility index (Phi) is 9.79. The maximum atomic E-state index is 5.67. The van der Waals surface area contributed by atoms with Crippen molar-refractivity contribution in [3.8, 4) is 11.5 Å². The van der Waals surface area contributed by atoms with Crippen LogP contribution in [0.5, 0.6) is 11.5 Å². The number of guanidine groups is 1. The first-order valence-corrected chi connectivity index (χ1v) is 9.61. The number of methoxy groups -OCH3 is 2. The van der Waals surface area contributed by atoms with E-state index in [1.54, 1.807) is 21.3 Å². The SMILES string of the molecule is CN=C(NCCCOCC1CCCO1)NCCc1ccc(OC)c(OC)c1. The molecule has 1 aromatic carbocycles. The van der Waals surface area contributed by atoms with E-state index in [1.807, 2.05) is 18.2 Å². The number of aliphatic imine (C=N–C) groups is 1. The molecule has 1 atom stereocenters. The van der Waals surface area contributed by atoms with Crippen LogP contribution in [0.1, 0.15) is 24.8 Å². The third-order valence-electron chi connectivity index (χ3n) is 4.46. The van der Waals surface area contributed by atoms with Crippen molar-refractivity contribution in [2.75, 3.05) is 54.2 Å². The molecule has 0 aliphatic carbocycles. The number of rotatable bonds is 11. The molecule has 1 fully saturated rings. The van der Waals surface area contributed by atoms with Gasteiger partial charge in [0.05, 0.1) is 26.9 Å². The van der Waals surface area contributed by atoms with Crippen LogP contribution >= 0.6 is 0 Å². The van der Waals surface area contributed by atoms with Gasteiger partial charge in [-0.25, -0.2) is 0 Å². The van der Waals surface area contributed by atoms with Crippen LogP contribution in [0.2, 0.25) is 0 Å². The molecule has 1 unspecified atom stereocenters. The zero-order chi connectivity index (χ0) is 19.3. The van der Waals surface area contributed by atoms with Gasteiger partial charge in [-0.05, 0) is 43.4 Å². The summed E-state index contributed by atoms with van der Waals surface area (Å²) in [6.45, 7) is 3.92. The zero-order valence-electron chi connectivity index (χ0n) is 16.8. The molecule has 1 aliphatic heterocycles. The van der Waals surface area contributed by atoms with Crippen molar-refractivity contribution in [3.63, 3.8) is 0 Å². The molecule has 27 heavy (non-hydrogen) atoms. The van der Waals surface area contributed by atoms with Crippen LogP contribution in [0.4, 0.5) is 0 Å². The van der Waals surface area contributed by atoms with Crippen LogP contribution in [-0.4, -0.2) is 66.2 Å². The van der Waals surface area contributed by atoms with E-state index in [9.17, 15) is 0 Å². The smallest absolute Gasteiger partial charge is 0.190 e. The van der Waals surface area contributed by atoms with E-state index in [0.29, 0.717) is 12.7 Å². The molecule has 0 aromatic heterocycles. The second kappa shape index (κ2) is 12.4. The highest BCUT2D eigenvalue weighted by atomic mass is 16.5. The molecule has 152 valence electrons. The largest absolute Gasteiger partial charge is 0.493 e. The Bertz CT molecular complexity index is 574. The summed E-state index contributed by atoms with van der Waals surface area (Å²) in [7, 11) is 5.07. The van der Waals surface area contributed by atoms with E-state index >= 15 is 0 Å². The van der Waals surface area contributed by atoms with Crippen molar-refractivity contribution in [2.24, 2.45) is 4.99 Å². The highest BCUT2D eigenvalue weighted by molar-refractivity contribution is 5.79. The second-order valence-corrected chi connectivity index (χ2v) is 6.43. The Balaban J connectivity index is 1.58. The van der Waals surface area contributed by atoms with Gasteiger partial charge in [0.2, 0.25) is 0 Å². The van der Waals surface area contributed by atoms with Gasteiger partial charge in [-0.15, -0.1) is 0 Å². The van der Waals surface area contributed by atoms with Gasteiger partial charge >= 0.3 is 0 Å². The van der Waals surface area contributed by atoms with E-state index in [0.717, 1.165) is 69.4 Å². The van der Waals surface area contributed by atoms with Gasteiger partial charge in [-0.1, -0.05) is 6.07 Å². The fraction of sp³-hybridized carbons (Fsp3) is 0.650. The van der Waals surface area contributed by atoms with Gasteiger partial charge < -0.3 is 29.6 Å². The average Bonchev–Trinajstić information content (AvgIpc) is 3.22. The molecule has 0 bridgehead atoms. The van der Waals surface area contributed by atoms with Crippen LogP contribution in [0.15, 0.2) is 23.2 Å². The van der Waals surface area contributed by atoms with Crippen molar-refractivity contribution in [1.29, 1.82) is 0 Å². The molecule has 1 aromatic rings. The minimum Gasteiger partial charge on any atom is -0.493 e. The molecule has 0 spiro atoms. The molecule has 1 aliphatic rings. The van der Waals surface area contributed by atoms with Gasteiger partial charge in [0, 0.05) is 33.4 Å². The summed E-state index contributed by atoms with van der Waals surface area (Å²) in [5.41, 5.74) is 1.18. The van der Waals surface area contributed by atoms with Crippen LogP contribution in [0.3, 0.4) is 0 Å². The van der Waals surface area contributed by atoms with E-state index < -0.39 is 0 Å². The van der Waals surface area contributed by atoms with Crippen LogP contribution in [-0.2, 0) is 15.9 Å². The summed E-state index contributed by atoms with van der Waals surface area (Å²) in [6, 6.07) is 5.98. The molecule has 1 heterocycles. The first kappa shape index (κ1) is 21.3. The van der Waals surface area contributed by atoms with E-state index in [4.69, 9.17) is 18.9 Å². The third-order valence-corrected chi connectivity index (χ3v) is 4.46. The second-order valence-electron chi connectivity index (χ2n) is 6.43. The van der Waals surface area contributed by atoms with Crippen LogP contribution in [0, 0.1) is 0 Å². The highest BCUT2D eigenvalue weighted by Crippen LogP contribution is 2.27. The summed E-state index contributed by atoms with van der Waals surface area (Å²) in [4.78, 5) is 4.25. The average molecular weight is 380 g/mol. The van der Waals surface area contributed by atoms with E-state index in [1.165, 1.54) is 5.56 Å². The fourth-order valence-corrected chi connectivity index (χ4v) is 2.95. The molecule has 7 heteroatoms. The predicted octanol–water partition coefficient (Wildman–Crippen LogP) is 2.00. The lowest BCUT2D eigenvalue weighted by Crippen LogP contribution is -2.39. The summed E-state index contributed by atoms with van der Waals surface area (Å²) in [6.07, 6.45) is 4.37. The molecular weight excluding hydrogens is 346 g/mol. The Morgan fingerprint density at radius 2 is 2.00 bits per heavy atom. The molecule has 0 radical (unpaired) electrons. The van der Waals surface area contributed by atoms with Crippen molar-refractivity contribution in [1.82, 2.24) is 10.6 Å².